The zero-order valence-corrected chi connectivity index (χ0v) is 7.40. The van der Waals surface area contributed by atoms with Crippen molar-refractivity contribution in [3.63, 3.8) is 0 Å². The van der Waals surface area contributed by atoms with Gasteiger partial charge in [0.1, 0.15) is 5.69 Å². The quantitative estimate of drug-likeness (QED) is 0.658. The van der Waals surface area contributed by atoms with Gasteiger partial charge in [-0.05, 0) is 19.1 Å². The first-order valence-electron chi connectivity index (χ1n) is 4.21. The van der Waals surface area contributed by atoms with Crippen LogP contribution in [0.4, 0.5) is 0 Å². The summed E-state index contributed by atoms with van der Waals surface area (Å²) >= 11 is 0. The number of allylic oxidation sites excluding steroid dienone is 1. The Hall–Kier alpha value is -1.19. The van der Waals surface area contributed by atoms with Crippen LogP contribution in [0.1, 0.15) is 18.2 Å². The summed E-state index contributed by atoms with van der Waals surface area (Å²) in [7, 11) is 0. The molecular formula is C10H11NO2. The molecule has 2 heterocycles. The van der Waals surface area contributed by atoms with Crippen LogP contribution in [0.5, 0.6) is 0 Å². The molecule has 1 aliphatic heterocycles. The third kappa shape index (κ3) is 1.26. The molecule has 1 atom stereocenters. The van der Waals surface area contributed by atoms with E-state index in [1.165, 1.54) is 0 Å². The fourth-order valence-corrected chi connectivity index (χ4v) is 1.49. The summed E-state index contributed by atoms with van der Waals surface area (Å²) in [6.07, 6.45) is 5.01. The molecule has 1 aromatic rings. The number of hydrogen-bond donors (Lipinski definition) is 1. The van der Waals surface area contributed by atoms with E-state index < -0.39 is 5.79 Å². The molecule has 0 aromatic carbocycles. The molecule has 1 unspecified atom stereocenters. The van der Waals surface area contributed by atoms with Gasteiger partial charge in [0.25, 0.3) is 0 Å². The molecule has 3 nitrogen and oxygen atoms in total. The lowest BCUT2D eigenvalue weighted by molar-refractivity contribution is -0.166. The highest BCUT2D eigenvalue weighted by Gasteiger charge is 2.36. The standard InChI is InChI=1S/C10H11NO2/c1-2-5-10(12)9-8(7-13-10)4-3-6-11-9/h2-6,12H,7H2,1H3/b5-2+. The lowest BCUT2D eigenvalue weighted by atomic mass is 10.1. The van der Waals surface area contributed by atoms with Crippen molar-refractivity contribution in [3.8, 4) is 0 Å². The van der Waals surface area contributed by atoms with Crippen molar-refractivity contribution in [2.24, 2.45) is 0 Å². The van der Waals surface area contributed by atoms with E-state index in [2.05, 4.69) is 4.98 Å². The third-order valence-electron chi connectivity index (χ3n) is 2.07. The minimum Gasteiger partial charge on any atom is -0.357 e. The van der Waals surface area contributed by atoms with Gasteiger partial charge >= 0.3 is 0 Å². The first-order valence-corrected chi connectivity index (χ1v) is 4.21. The number of hydrogen-bond acceptors (Lipinski definition) is 3. The molecule has 1 aliphatic rings. The number of aromatic nitrogens is 1. The second kappa shape index (κ2) is 2.94. The predicted molar refractivity (Wildman–Crippen MR) is 47.7 cm³/mol. The fourth-order valence-electron chi connectivity index (χ4n) is 1.49. The Kier molecular flexibility index (Phi) is 1.90. The molecule has 0 aliphatic carbocycles. The van der Waals surface area contributed by atoms with Crippen LogP contribution >= 0.6 is 0 Å². The number of pyridine rings is 1. The van der Waals surface area contributed by atoms with Crippen LogP contribution in [-0.2, 0) is 17.1 Å². The number of nitrogens with zero attached hydrogens (tertiary/aromatic N) is 1. The monoisotopic (exact) mass is 177 g/mol. The summed E-state index contributed by atoms with van der Waals surface area (Å²) in [5, 5.41) is 9.97. The largest absolute Gasteiger partial charge is 0.357 e. The van der Waals surface area contributed by atoms with Crippen molar-refractivity contribution in [1.82, 2.24) is 4.98 Å². The van der Waals surface area contributed by atoms with Crippen LogP contribution in [0, 0.1) is 0 Å². The highest BCUT2D eigenvalue weighted by molar-refractivity contribution is 5.29. The lowest BCUT2D eigenvalue weighted by Crippen LogP contribution is -2.22. The first-order chi connectivity index (χ1) is 6.26. The Morgan fingerprint density at radius 1 is 1.69 bits per heavy atom. The summed E-state index contributed by atoms with van der Waals surface area (Å²) in [4.78, 5) is 4.10. The molecule has 0 bridgehead atoms. The van der Waals surface area contributed by atoms with Gasteiger partial charge in [0.05, 0.1) is 6.61 Å². The summed E-state index contributed by atoms with van der Waals surface area (Å²) < 4.78 is 5.26. The summed E-state index contributed by atoms with van der Waals surface area (Å²) in [6, 6.07) is 3.74. The van der Waals surface area contributed by atoms with E-state index >= 15 is 0 Å². The maximum atomic E-state index is 9.97. The van der Waals surface area contributed by atoms with E-state index in [0.717, 1.165) is 5.56 Å². The van der Waals surface area contributed by atoms with Crippen LogP contribution < -0.4 is 0 Å². The zero-order chi connectivity index (χ0) is 9.31. The number of ether oxygens (including phenoxy) is 1. The molecule has 0 amide bonds. The highest BCUT2D eigenvalue weighted by Crippen LogP contribution is 2.33. The average molecular weight is 177 g/mol. The Morgan fingerprint density at radius 3 is 3.31 bits per heavy atom. The lowest BCUT2D eigenvalue weighted by Gasteiger charge is -2.16. The van der Waals surface area contributed by atoms with E-state index in [1.807, 2.05) is 19.1 Å². The van der Waals surface area contributed by atoms with Gasteiger partial charge in [-0.15, -0.1) is 0 Å². The number of fused-ring (bicyclic) bond motifs is 1. The zero-order valence-electron chi connectivity index (χ0n) is 7.40. The van der Waals surface area contributed by atoms with Crippen LogP contribution in [0.15, 0.2) is 30.5 Å². The summed E-state index contributed by atoms with van der Waals surface area (Å²) in [6.45, 7) is 2.26. The van der Waals surface area contributed by atoms with Gasteiger partial charge < -0.3 is 9.84 Å². The van der Waals surface area contributed by atoms with Gasteiger partial charge in [-0.2, -0.15) is 0 Å². The smallest absolute Gasteiger partial charge is 0.230 e. The predicted octanol–water partition coefficient (Wildman–Crippen LogP) is 1.33. The fraction of sp³-hybridized carbons (Fsp3) is 0.300. The van der Waals surface area contributed by atoms with Gasteiger partial charge in [0, 0.05) is 11.8 Å². The normalized spacial score (nSPS) is 26.6. The van der Waals surface area contributed by atoms with E-state index in [9.17, 15) is 5.11 Å². The van der Waals surface area contributed by atoms with Gasteiger partial charge in [-0.25, -0.2) is 0 Å². The topological polar surface area (TPSA) is 42.4 Å². The van der Waals surface area contributed by atoms with Crippen LogP contribution in [0.3, 0.4) is 0 Å². The molecule has 1 aromatic heterocycles. The molecule has 0 spiro atoms. The summed E-state index contributed by atoms with van der Waals surface area (Å²) in [5.41, 5.74) is 1.55. The van der Waals surface area contributed by atoms with Gasteiger partial charge in [0.15, 0.2) is 0 Å². The molecule has 1 N–H and O–H groups in total. The number of rotatable bonds is 1. The van der Waals surface area contributed by atoms with E-state index in [1.54, 1.807) is 18.3 Å². The van der Waals surface area contributed by atoms with E-state index in [-0.39, 0.29) is 0 Å². The molecule has 0 saturated heterocycles. The van der Waals surface area contributed by atoms with Gasteiger partial charge in [0.2, 0.25) is 5.79 Å². The molecule has 0 radical (unpaired) electrons. The molecule has 68 valence electrons. The maximum absolute atomic E-state index is 9.97. The van der Waals surface area contributed by atoms with Crippen LogP contribution in [0.25, 0.3) is 0 Å². The van der Waals surface area contributed by atoms with Crippen LogP contribution in [-0.4, -0.2) is 10.1 Å². The van der Waals surface area contributed by atoms with Crippen molar-refractivity contribution >= 4 is 0 Å². The molecule has 0 fully saturated rings. The Balaban J connectivity index is 2.48. The molecule has 3 heteroatoms. The SMILES string of the molecule is C/C=C/C1(O)OCc2cccnc21. The molecule has 2 rings (SSSR count). The second-order valence-corrected chi connectivity index (χ2v) is 3.00. The average Bonchev–Trinajstić information content (AvgIpc) is 2.46. The number of aliphatic hydroxyl groups is 1. The molecule has 13 heavy (non-hydrogen) atoms. The highest BCUT2D eigenvalue weighted by atomic mass is 16.6. The minimum atomic E-state index is -1.31. The van der Waals surface area contributed by atoms with Crippen molar-refractivity contribution in [2.45, 2.75) is 19.3 Å². The second-order valence-electron chi connectivity index (χ2n) is 3.00. The van der Waals surface area contributed by atoms with Gasteiger partial charge in [-0.1, -0.05) is 12.1 Å². The molecule has 0 saturated carbocycles. The van der Waals surface area contributed by atoms with Gasteiger partial charge in [-0.3, -0.25) is 4.98 Å². The maximum Gasteiger partial charge on any atom is 0.230 e. The Morgan fingerprint density at radius 2 is 2.54 bits per heavy atom. The Labute approximate surface area is 76.7 Å². The third-order valence-corrected chi connectivity index (χ3v) is 2.07. The van der Waals surface area contributed by atoms with Crippen molar-refractivity contribution in [3.05, 3.63) is 41.7 Å². The van der Waals surface area contributed by atoms with Crippen molar-refractivity contribution < 1.29 is 9.84 Å². The first kappa shape index (κ1) is 8.41. The Bertz CT molecular complexity index is 349. The molecular weight excluding hydrogens is 166 g/mol. The van der Waals surface area contributed by atoms with E-state index in [4.69, 9.17) is 4.74 Å². The van der Waals surface area contributed by atoms with Crippen LogP contribution in [0.2, 0.25) is 0 Å². The van der Waals surface area contributed by atoms with Crippen molar-refractivity contribution in [1.29, 1.82) is 0 Å². The van der Waals surface area contributed by atoms with Crippen molar-refractivity contribution in [2.75, 3.05) is 0 Å². The minimum absolute atomic E-state index is 0.421. The summed E-state index contributed by atoms with van der Waals surface area (Å²) in [5.74, 6) is -1.31. The van der Waals surface area contributed by atoms with E-state index in [0.29, 0.717) is 12.3 Å².